The predicted octanol–water partition coefficient (Wildman–Crippen LogP) is 13.4. The van der Waals surface area contributed by atoms with E-state index < -0.39 is 49.5 Å². The van der Waals surface area contributed by atoms with E-state index >= 15 is 0 Å². The van der Waals surface area contributed by atoms with Crippen molar-refractivity contribution in [1.82, 2.24) is 5.32 Å². The van der Waals surface area contributed by atoms with E-state index in [1.807, 2.05) is 6.08 Å². The minimum absolute atomic E-state index is 0.181. The maximum Gasteiger partial charge on any atom is 0.220 e. The van der Waals surface area contributed by atoms with E-state index in [2.05, 4.69) is 31.3 Å². The molecule has 0 saturated carbocycles. The Balaban J connectivity index is 2.21. The van der Waals surface area contributed by atoms with Gasteiger partial charge in [-0.15, -0.1) is 0 Å². The van der Waals surface area contributed by atoms with E-state index in [0.29, 0.717) is 6.42 Å². The van der Waals surface area contributed by atoms with Gasteiger partial charge in [0, 0.05) is 6.42 Å². The van der Waals surface area contributed by atoms with Gasteiger partial charge in [-0.25, -0.2) is 0 Å². The number of aliphatic hydroxyl groups is 5. The Morgan fingerprint density at radius 3 is 1.29 bits per heavy atom. The molecule has 1 fully saturated rings. The summed E-state index contributed by atoms with van der Waals surface area (Å²) in [5.41, 5.74) is 0. The van der Waals surface area contributed by atoms with Gasteiger partial charge in [0.15, 0.2) is 6.29 Å². The van der Waals surface area contributed by atoms with E-state index in [0.717, 1.165) is 38.5 Å². The van der Waals surface area contributed by atoms with E-state index in [1.165, 1.54) is 212 Å². The monoisotopic (exact) mass is 922 g/mol. The lowest BCUT2D eigenvalue weighted by molar-refractivity contribution is -0.302. The van der Waals surface area contributed by atoms with Crippen molar-refractivity contribution >= 4 is 5.91 Å². The van der Waals surface area contributed by atoms with E-state index in [9.17, 15) is 30.3 Å². The Morgan fingerprint density at radius 1 is 0.508 bits per heavy atom. The van der Waals surface area contributed by atoms with E-state index in [4.69, 9.17) is 9.47 Å². The summed E-state index contributed by atoms with van der Waals surface area (Å²) in [7, 11) is 0. The molecule has 9 heteroatoms. The number of carbonyl (C=O) groups is 1. The molecule has 0 bridgehead atoms. The van der Waals surface area contributed by atoms with Crippen LogP contribution in [0.15, 0.2) is 24.3 Å². The second-order valence-corrected chi connectivity index (χ2v) is 19.7. The molecule has 1 amide bonds. The van der Waals surface area contributed by atoms with Gasteiger partial charge in [0.1, 0.15) is 24.4 Å². The van der Waals surface area contributed by atoms with Crippen molar-refractivity contribution < 1.29 is 39.8 Å². The Kier molecular flexibility index (Phi) is 44.0. The minimum Gasteiger partial charge on any atom is -0.394 e. The molecule has 7 unspecified atom stereocenters. The van der Waals surface area contributed by atoms with Crippen LogP contribution in [0.3, 0.4) is 0 Å². The zero-order valence-electron chi connectivity index (χ0n) is 42.5. The van der Waals surface area contributed by atoms with Gasteiger partial charge in [0.05, 0.1) is 25.4 Å². The first kappa shape index (κ1) is 61.7. The SMILES string of the molecule is CCCCCCCCCCCC/C=C/CC/C=C/C(O)C(COC1OC(CO)C(O)C(O)C1O)NC(=O)CCCCCCCCCCCCCCCCCCCCCCCCCCCC. The topological polar surface area (TPSA) is 149 Å². The lowest BCUT2D eigenvalue weighted by Crippen LogP contribution is -2.60. The first-order valence-electron chi connectivity index (χ1n) is 28.1. The second-order valence-electron chi connectivity index (χ2n) is 19.7. The van der Waals surface area contributed by atoms with Crippen molar-refractivity contribution in [3.63, 3.8) is 0 Å². The maximum atomic E-state index is 13.0. The second kappa shape index (κ2) is 46.4. The molecule has 7 atom stereocenters. The van der Waals surface area contributed by atoms with E-state index in [1.54, 1.807) is 6.08 Å². The van der Waals surface area contributed by atoms with Crippen molar-refractivity contribution in [3.8, 4) is 0 Å². The quantitative estimate of drug-likeness (QED) is 0.0261. The molecule has 9 nitrogen and oxygen atoms in total. The summed E-state index contributed by atoms with van der Waals surface area (Å²) in [6, 6.07) is -0.818. The predicted molar refractivity (Wildman–Crippen MR) is 272 cm³/mol. The fourth-order valence-electron chi connectivity index (χ4n) is 9.06. The minimum atomic E-state index is -1.57. The Bertz CT molecular complexity index is 1070. The molecule has 0 radical (unpaired) electrons. The van der Waals surface area contributed by atoms with Gasteiger partial charge in [-0.1, -0.05) is 256 Å². The smallest absolute Gasteiger partial charge is 0.220 e. The van der Waals surface area contributed by atoms with Gasteiger partial charge in [0.25, 0.3) is 0 Å². The number of hydrogen-bond donors (Lipinski definition) is 6. The van der Waals surface area contributed by atoms with Crippen LogP contribution < -0.4 is 5.32 Å². The molecular weight excluding hydrogens is 815 g/mol. The molecule has 65 heavy (non-hydrogen) atoms. The zero-order valence-corrected chi connectivity index (χ0v) is 42.5. The van der Waals surface area contributed by atoms with Gasteiger partial charge >= 0.3 is 0 Å². The maximum absolute atomic E-state index is 13.0. The summed E-state index contributed by atoms with van der Waals surface area (Å²) in [6.07, 6.45) is 51.1. The zero-order chi connectivity index (χ0) is 47.3. The normalized spacial score (nSPS) is 20.0. The molecular formula is C56H107NO8. The molecule has 0 aromatic carbocycles. The highest BCUT2D eigenvalue weighted by molar-refractivity contribution is 5.76. The van der Waals surface area contributed by atoms with Crippen LogP contribution in [-0.2, 0) is 14.3 Å². The van der Waals surface area contributed by atoms with Crippen LogP contribution in [0.5, 0.6) is 0 Å². The number of ether oxygens (including phenoxy) is 2. The molecule has 0 aromatic heterocycles. The van der Waals surface area contributed by atoms with Crippen molar-refractivity contribution in [2.75, 3.05) is 13.2 Å². The first-order valence-corrected chi connectivity index (χ1v) is 28.1. The fraction of sp³-hybridized carbons (Fsp3) is 0.911. The number of unbranched alkanes of at least 4 members (excludes halogenated alkanes) is 36. The van der Waals surface area contributed by atoms with Crippen LogP contribution in [0.4, 0.5) is 0 Å². The number of nitrogens with one attached hydrogen (secondary N) is 1. The third-order valence-corrected chi connectivity index (χ3v) is 13.5. The average molecular weight is 922 g/mol. The van der Waals surface area contributed by atoms with Crippen LogP contribution in [0.25, 0.3) is 0 Å². The number of amides is 1. The van der Waals surface area contributed by atoms with Crippen LogP contribution in [0, 0.1) is 0 Å². The number of carbonyl (C=O) groups excluding carboxylic acids is 1. The molecule has 6 N–H and O–H groups in total. The molecule has 384 valence electrons. The average Bonchev–Trinajstić information content (AvgIpc) is 3.31. The highest BCUT2D eigenvalue weighted by Gasteiger charge is 2.44. The summed E-state index contributed by atoms with van der Waals surface area (Å²) in [6.45, 7) is 3.79. The number of rotatable bonds is 48. The molecule has 1 saturated heterocycles. The Hall–Kier alpha value is -1.33. The van der Waals surface area contributed by atoms with Crippen molar-refractivity contribution in [2.24, 2.45) is 0 Å². The summed E-state index contributed by atoms with van der Waals surface area (Å²) in [5.74, 6) is -0.181. The standard InChI is InChI=1S/C56H107NO8/c1-3-5-7-9-11-13-15-17-19-21-22-23-24-25-26-27-28-29-30-32-34-36-38-40-42-44-46-52(60)57-49(48-64-56-55(63)54(62)53(61)51(47-58)65-56)50(59)45-43-41-39-37-35-33-31-20-18-16-14-12-10-8-6-4-2/h35,37,43,45,49-51,53-56,58-59,61-63H,3-34,36,38-42,44,46-48H2,1-2H3,(H,57,60)/b37-35+,45-43+. The summed E-state index contributed by atoms with van der Waals surface area (Å²) in [5, 5.41) is 54.4. The number of hydrogen-bond acceptors (Lipinski definition) is 8. The Morgan fingerprint density at radius 2 is 0.877 bits per heavy atom. The summed E-state index contributed by atoms with van der Waals surface area (Å²) >= 11 is 0. The third kappa shape index (κ3) is 36.3. The molecule has 0 aromatic rings. The van der Waals surface area contributed by atoms with Gasteiger partial charge in [0.2, 0.25) is 5.91 Å². The van der Waals surface area contributed by atoms with Crippen LogP contribution in [0.2, 0.25) is 0 Å². The van der Waals surface area contributed by atoms with Gasteiger partial charge in [-0.05, 0) is 32.1 Å². The Labute approximate surface area is 400 Å². The summed E-state index contributed by atoms with van der Waals surface area (Å²) < 4.78 is 11.2. The lowest BCUT2D eigenvalue weighted by Gasteiger charge is -2.40. The van der Waals surface area contributed by atoms with Crippen LogP contribution in [-0.4, -0.2) is 87.5 Å². The molecule has 1 aliphatic rings. The van der Waals surface area contributed by atoms with Gasteiger partial charge in [-0.3, -0.25) is 4.79 Å². The van der Waals surface area contributed by atoms with Crippen LogP contribution in [0.1, 0.15) is 271 Å². The van der Waals surface area contributed by atoms with Crippen molar-refractivity contribution in [1.29, 1.82) is 0 Å². The summed E-state index contributed by atoms with van der Waals surface area (Å²) in [4.78, 5) is 13.0. The molecule has 0 aliphatic carbocycles. The van der Waals surface area contributed by atoms with Crippen LogP contribution >= 0.6 is 0 Å². The van der Waals surface area contributed by atoms with Gasteiger partial charge < -0.3 is 40.3 Å². The van der Waals surface area contributed by atoms with E-state index in [-0.39, 0.29) is 12.5 Å². The number of aliphatic hydroxyl groups excluding tert-OH is 5. The molecule has 0 spiro atoms. The lowest BCUT2D eigenvalue weighted by atomic mass is 9.99. The molecule has 1 rings (SSSR count). The highest BCUT2D eigenvalue weighted by Crippen LogP contribution is 2.23. The largest absolute Gasteiger partial charge is 0.394 e. The van der Waals surface area contributed by atoms with Crippen molar-refractivity contribution in [3.05, 3.63) is 24.3 Å². The molecule has 1 aliphatic heterocycles. The van der Waals surface area contributed by atoms with Crippen molar-refractivity contribution in [2.45, 2.75) is 314 Å². The highest BCUT2D eigenvalue weighted by atomic mass is 16.7. The molecule has 1 heterocycles. The first-order chi connectivity index (χ1) is 31.8. The van der Waals surface area contributed by atoms with Gasteiger partial charge in [-0.2, -0.15) is 0 Å². The third-order valence-electron chi connectivity index (χ3n) is 13.5. The fourth-order valence-corrected chi connectivity index (χ4v) is 9.06. The number of allylic oxidation sites excluding steroid dienone is 3.